The summed E-state index contributed by atoms with van der Waals surface area (Å²) >= 11 is 5.16. The Morgan fingerprint density at radius 2 is 1.95 bits per heavy atom. The van der Waals surface area contributed by atoms with E-state index in [0.717, 1.165) is 25.9 Å². The molecule has 0 saturated carbocycles. The van der Waals surface area contributed by atoms with Crippen molar-refractivity contribution in [2.45, 2.75) is 25.8 Å². The second-order valence-corrected chi connectivity index (χ2v) is 5.63. The summed E-state index contributed by atoms with van der Waals surface area (Å²) < 4.78 is 0. The number of carbonyl (C=O) groups excluding carboxylic acids is 1. The topological polar surface area (TPSA) is 75.3 Å². The lowest BCUT2D eigenvalue weighted by atomic mass is 10.1. The molecule has 0 radical (unpaired) electrons. The van der Waals surface area contributed by atoms with E-state index >= 15 is 0 Å². The maximum absolute atomic E-state index is 12.3. The predicted molar refractivity (Wildman–Crippen MR) is 85.0 cm³/mol. The van der Waals surface area contributed by atoms with Crippen LogP contribution in [0.4, 0.5) is 0 Å². The Labute approximate surface area is 130 Å². The summed E-state index contributed by atoms with van der Waals surface area (Å²) in [5, 5.41) is 0. The molecule has 1 aliphatic heterocycles. The first-order valence-electron chi connectivity index (χ1n) is 7.21. The summed E-state index contributed by atoms with van der Waals surface area (Å²) in [6.07, 6.45) is 6.54. The van der Waals surface area contributed by atoms with Crippen molar-refractivity contribution in [2.24, 2.45) is 5.73 Å². The number of hydrogen-bond donors (Lipinski definition) is 1. The van der Waals surface area contributed by atoms with Gasteiger partial charge in [-0.15, -0.1) is 0 Å². The van der Waals surface area contributed by atoms with E-state index in [2.05, 4.69) is 21.8 Å². The molecule has 0 bridgehead atoms. The van der Waals surface area contributed by atoms with Crippen LogP contribution in [0.15, 0.2) is 18.7 Å². The summed E-state index contributed by atoms with van der Waals surface area (Å²) in [4.78, 5) is 24.7. The number of nitrogens with zero attached hydrogens (tertiary/aromatic N) is 4. The highest BCUT2D eigenvalue weighted by Gasteiger charge is 2.27. The lowest BCUT2D eigenvalue weighted by Crippen LogP contribution is -2.54. The number of hydrogen-bond acceptors (Lipinski definition) is 5. The molecule has 1 aromatic rings. The second-order valence-electron chi connectivity index (χ2n) is 5.16. The van der Waals surface area contributed by atoms with Crippen molar-refractivity contribution < 1.29 is 4.79 Å². The Morgan fingerprint density at radius 3 is 2.48 bits per heavy atom. The van der Waals surface area contributed by atoms with Crippen molar-refractivity contribution >= 4 is 23.1 Å². The van der Waals surface area contributed by atoms with E-state index in [1.807, 2.05) is 4.90 Å². The molecule has 1 aliphatic rings. The molecule has 1 saturated heterocycles. The second kappa shape index (κ2) is 7.42. The van der Waals surface area contributed by atoms with Crippen LogP contribution in [0.1, 0.15) is 30.1 Å². The summed E-state index contributed by atoms with van der Waals surface area (Å²) in [5.74, 6) is -0.0161. The van der Waals surface area contributed by atoms with Crippen LogP contribution >= 0.6 is 12.2 Å². The largest absolute Gasteiger partial charge is 0.392 e. The standard InChI is InChI=1S/C14H21N5OS/c1-2-3-12(13(15)21)18-4-6-19(7-5-18)14(20)11-8-16-10-17-9-11/h8-10,12H,2-7H2,1H3,(H2,15,21). The zero-order valence-corrected chi connectivity index (χ0v) is 13.1. The molecular weight excluding hydrogens is 286 g/mol. The fraction of sp³-hybridized carbons (Fsp3) is 0.571. The Bertz CT molecular complexity index is 487. The van der Waals surface area contributed by atoms with Gasteiger partial charge in [0.15, 0.2) is 0 Å². The van der Waals surface area contributed by atoms with E-state index < -0.39 is 0 Å². The smallest absolute Gasteiger partial charge is 0.257 e. The minimum Gasteiger partial charge on any atom is -0.392 e. The molecule has 1 aromatic heterocycles. The van der Waals surface area contributed by atoms with Gasteiger partial charge < -0.3 is 10.6 Å². The van der Waals surface area contributed by atoms with Crippen LogP contribution in [0.3, 0.4) is 0 Å². The van der Waals surface area contributed by atoms with E-state index in [0.29, 0.717) is 23.6 Å². The van der Waals surface area contributed by atoms with Gasteiger partial charge in [-0.1, -0.05) is 25.6 Å². The maximum atomic E-state index is 12.3. The molecule has 114 valence electrons. The van der Waals surface area contributed by atoms with Crippen molar-refractivity contribution in [3.8, 4) is 0 Å². The highest BCUT2D eigenvalue weighted by molar-refractivity contribution is 7.80. The number of carbonyl (C=O) groups is 1. The lowest BCUT2D eigenvalue weighted by molar-refractivity contribution is 0.0608. The van der Waals surface area contributed by atoms with Crippen molar-refractivity contribution in [1.29, 1.82) is 0 Å². The first-order chi connectivity index (χ1) is 10.1. The number of piperazine rings is 1. The van der Waals surface area contributed by atoms with Crippen LogP contribution in [0.25, 0.3) is 0 Å². The quantitative estimate of drug-likeness (QED) is 0.807. The minimum absolute atomic E-state index is 0.0161. The highest BCUT2D eigenvalue weighted by atomic mass is 32.1. The summed E-state index contributed by atoms with van der Waals surface area (Å²) in [6, 6.07) is 0.141. The molecule has 6 nitrogen and oxygen atoms in total. The molecule has 0 spiro atoms. The summed E-state index contributed by atoms with van der Waals surface area (Å²) in [5.41, 5.74) is 6.36. The minimum atomic E-state index is -0.0161. The third-order valence-electron chi connectivity index (χ3n) is 3.74. The Balaban J connectivity index is 1.94. The number of nitrogens with two attached hydrogens (primary N) is 1. The average Bonchev–Trinajstić information content (AvgIpc) is 2.53. The molecule has 1 unspecified atom stereocenters. The van der Waals surface area contributed by atoms with Gasteiger partial charge in [-0.25, -0.2) is 9.97 Å². The van der Waals surface area contributed by atoms with E-state index in [1.165, 1.54) is 6.33 Å². The molecule has 0 aromatic carbocycles. The van der Waals surface area contributed by atoms with Gasteiger partial charge in [0, 0.05) is 38.6 Å². The van der Waals surface area contributed by atoms with Gasteiger partial charge in [0.1, 0.15) is 6.33 Å². The Morgan fingerprint density at radius 1 is 1.33 bits per heavy atom. The molecule has 1 atom stereocenters. The Kier molecular flexibility index (Phi) is 5.58. The van der Waals surface area contributed by atoms with Gasteiger partial charge in [0.05, 0.1) is 16.6 Å². The molecule has 2 heterocycles. The molecule has 2 N–H and O–H groups in total. The Hall–Kier alpha value is -1.60. The third-order valence-corrected chi connectivity index (χ3v) is 4.01. The first kappa shape index (κ1) is 15.8. The van der Waals surface area contributed by atoms with Crippen molar-refractivity contribution in [3.63, 3.8) is 0 Å². The van der Waals surface area contributed by atoms with Crippen LogP contribution in [-0.2, 0) is 0 Å². The van der Waals surface area contributed by atoms with Gasteiger partial charge in [0.2, 0.25) is 0 Å². The maximum Gasteiger partial charge on any atom is 0.257 e. The van der Waals surface area contributed by atoms with E-state index in [4.69, 9.17) is 18.0 Å². The van der Waals surface area contributed by atoms with Gasteiger partial charge in [-0.2, -0.15) is 0 Å². The molecule has 7 heteroatoms. The first-order valence-corrected chi connectivity index (χ1v) is 7.62. The van der Waals surface area contributed by atoms with Gasteiger partial charge >= 0.3 is 0 Å². The summed E-state index contributed by atoms with van der Waals surface area (Å²) in [7, 11) is 0. The van der Waals surface area contributed by atoms with Crippen molar-refractivity contribution in [3.05, 3.63) is 24.3 Å². The number of amides is 1. The van der Waals surface area contributed by atoms with Crippen LogP contribution in [0.5, 0.6) is 0 Å². The fourth-order valence-corrected chi connectivity index (χ4v) is 2.87. The van der Waals surface area contributed by atoms with E-state index in [9.17, 15) is 4.79 Å². The zero-order valence-electron chi connectivity index (χ0n) is 12.2. The number of thiocarbonyl (C=S) groups is 1. The fourth-order valence-electron chi connectivity index (χ4n) is 2.61. The number of rotatable bonds is 5. The van der Waals surface area contributed by atoms with Gasteiger partial charge in [-0.3, -0.25) is 9.69 Å². The third kappa shape index (κ3) is 3.95. The summed E-state index contributed by atoms with van der Waals surface area (Å²) in [6.45, 7) is 5.07. The molecule has 1 amide bonds. The van der Waals surface area contributed by atoms with Crippen molar-refractivity contribution in [1.82, 2.24) is 19.8 Å². The number of aromatic nitrogens is 2. The van der Waals surface area contributed by atoms with E-state index in [-0.39, 0.29) is 11.9 Å². The lowest BCUT2D eigenvalue weighted by Gasteiger charge is -2.38. The monoisotopic (exact) mass is 307 g/mol. The molecular formula is C14H21N5OS. The van der Waals surface area contributed by atoms with Gasteiger partial charge in [0.25, 0.3) is 5.91 Å². The highest BCUT2D eigenvalue weighted by Crippen LogP contribution is 2.13. The zero-order chi connectivity index (χ0) is 15.2. The van der Waals surface area contributed by atoms with Crippen LogP contribution in [-0.4, -0.2) is 62.9 Å². The van der Waals surface area contributed by atoms with Gasteiger partial charge in [-0.05, 0) is 6.42 Å². The molecule has 1 fully saturated rings. The molecule has 2 rings (SSSR count). The van der Waals surface area contributed by atoms with Crippen LogP contribution in [0.2, 0.25) is 0 Å². The van der Waals surface area contributed by atoms with Crippen LogP contribution in [0, 0.1) is 0 Å². The van der Waals surface area contributed by atoms with Crippen LogP contribution < -0.4 is 5.73 Å². The van der Waals surface area contributed by atoms with Crippen molar-refractivity contribution in [2.75, 3.05) is 26.2 Å². The SMILES string of the molecule is CCCC(C(N)=S)N1CCN(C(=O)c2cncnc2)CC1. The molecule has 21 heavy (non-hydrogen) atoms. The normalized spacial score (nSPS) is 17.5. The molecule has 0 aliphatic carbocycles. The average molecular weight is 307 g/mol. The van der Waals surface area contributed by atoms with E-state index in [1.54, 1.807) is 12.4 Å². The predicted octanol–water partition coefficient (Wildman–Crippen LogP) is 0.689.